The van der Waals surface area contributed by atoms with E-state index in [2.05, 4.69) is 184 Å². The second-order valence-corrected chi connectivity index (χ2v) is 20.1. The molecule has 0 spiro atoms. The van der Waals surface area contributed by atoms with E-state index in [0.29, 0.717) is 0 Å². The molecule has 0 aromatic heterocycles. The lowest BCUT2D eigenvalue weighted by molar-refractivity contribution is 0.662. The minimum absolute atomic E-state index is 0.0936. The van der Waals surface area contributed by atoms with Gasteiger partial charge in [0.2, 0.25) is 0 Å². The van der Waals surface area contributed by atoms with E-state index in [0.717, 1.165) is 17.1 Å². The lowest BCUT2D eigenvalue weighted by atomic mass is 9.81. The standard InChI is InChI=1S/C46H39NSi/c1-46(2)42-28-35-26-38(23-20-34(35)27-41(42)45-40-17-11-10-16-39(40)44(29-43(45)46)48(3,4)5)47(36-21-18-30-12-6-8-14-32(30)24-36)37-22-19-31-13-7-9-15-33(31)25-37/h6-29H,1-5H3. The third-order valence-electron chi connectivity index (χ3n) is 10.7. The lowest BCUT2D eigenvalue weighted by Crippen LogP contribution is -2.39. The van der Waals surface area contributed by atoms with E-state index in [1.807, 2.05) is 0 Å². The molecule has 1 aliphatic rings. The molecule has 0 atom stereocenters. The molecule has 0 fully saturated rings. The van der Waals surface area contributed by atoms with Crippen molar-refractivity contribution in [3.8, 4) is 11.1 Å². The molecule has 0 bridgehead atoms. The molecule has 0 N–H and O–H groups in total. The number of fused-ring (bicyclic) bond motifs is 8. The van der Waals surface area contributed by atoms with Gasteiger partial charge in [-0.05, 0) is 114 Å². The monoisotopic (exact) mass is 633 g/mol. The minimum Gasteiger partial charge on any atom is -0.310 e. The molecule has 0 aliphatic heterocycles. The highest BCUT2D eigenvalue weighted by atomic mass is 28.3. The zero-order valence-corrected chi connectivity index (χ0v) is 29.3. The predicted octanol–water partition coefficient (Wildman–Crippen LogP) is 12.6. The molecule has 232 valence electrons. The summed E-state index contributed by atoms with van der Waals surface area (Å²) in [6, 6.07) is 54.5. The Kier molecular flexibility index (Phi) is 6.29. The summed E-state index contributed by atoms with van der Waals surface area (Å²) in [6.45, 7) is 12.3. The van der Waals surface area contributed by atoms with Crippen molar-refractivity contribution >= 4 is 73.4 Å². The Balaban J connectivity index is 1.25. The molecule has 0 unspecified atom stereocenters. The van der Waals surface area contributed by atoms with Crippen molar-refractivity contribution < 1.29 is 0 Å². The third kappa shape index (κ3) is 4.43. The topological polar surface area (TPSA) is 3.24 Å². The van der Waals surface area contributed by atoms with Gasteiger partial charge in [-0.1, -0.05) is 136 Å². The molecule has 48 heavy (non-hydrogen) atoms. The summed E-state index contributed by atoms with van der Waals surface area (Å²) < 4.78 is 0. The van der Waals surface area contributed by atoms with Crippen LogP contribution in [0.4, 0.5) is 17.1 Å². The smallest absolute Gasteiger partial charge is 0.0784 e. The Morgan fingerprint density at radius 1 is 0.438 bits per heavy atom. The summed E-state index contributed by atoms with van der Waals surface area (Å²) >= 11 is 0. The zero-order valence-electron chi connectivity index (χ0n) is 28.3. The average molecular weight is 634 g/mol. The molecule has 0 heterocycles. The Hall–Kier alpha value is -5.18. The van der Waals surface area contributed by atoms with Gasteiger partial charge >= 0.3 is 0 Å². The maximum Gasteiger partial charge on any atom is 0.0784 e. The van der Waals surface area contributed by atoms with Crippen molar-refractivity contribution in [3.63, 3.8) is 0 Å². The van der Waals surface area contributed by atoms with Gasteiger partial charge in [0.1, 0.15) is 0 Å². The van der Waals surface area contributed by atoms with Crippen LogP contribution in [0, 0.1) is 0 Å². The highest BCUT2D eigenvalue weighted by molar-refractivity contribution is 6.90. The lowest BCUT2D eigenvalue weighted by Gasteiger charge is -2.27. The fraction of sp³-hybridized carbons (Fsp3) is 0.130. The fourth-order valence-corrected chi connectivity index (χ4v) is 9.75. The van der Waals surface area contributed by atoms with E-state index >= 15 is 0 Å². The van der Waals surface area contributed by atoms with Crippen LogP contribution in [0.5, 0.6) is 0 Å². The van der Waals surface area contributed by atoms with Crippen molar-refractivity contribution in [2.75, 3.05) is 4.90 Å². The van der Waals surface area contributed by atoms with E-state index < -0.39 is 8.07 Å². The first kappa shape index (κ1) is 29.0. The molecule has 0 saturated carbocycles. The molecule has 0 saturated heterocycles. The van der Waals surface area contributed by atoms with Crippen LogP contribution in [0.2, 0.25) is 19.6 Å². The van der Waals surface area contributed by atoms with Gasteiger partial charge < -0.3 is 4.90 Å². The van der Waals surface area contributed by atoms with Crippen molar-refractivity contribution in [3.05, 3.63) is 157 Å². The Labute approximate surface area is 284 Å². The summed E-state index contributed by atoms with van der Waals surface area (Å²) in [7, 11) is -1.58. The fourth-order valence-electron chi connectivity index (χ4n) is 8.15. The number of rotatable bonds is 4. The highest BCUT2D eigenvalue weighted by Crippen LogP contribution is 2.52. The van der Waals surface area contributed by atoms with Gasteiger partial charge in [-0.2, -0.15) is 0 Å². The number of benzene rings is 8. The Morgan fingerprint density at radius 2 is 0.917 bits per heavy atom. The van der Waals surface area contributed by atoms with Gasteiger partial charge in [-0.25, -0.2) is 0 Å². The molecule has 0 amide bonds. The summed E-state index contributed by atoms with van der Waals surface area (Å²) in [6.07, 6.45) is 0. The number of anilines is 3. The third-order valence-corrected chi connectivity index (χ3v) is 12.7. The average Bonchev–Trinajstić information content (AvgIpc) is 3.31. The van der Waals surface area contributed by atoms with Gasteiger partial charge in [-0.15, -0.1) is 0 Å². The van der Waals surface area contributed by atoms with Crippen molar-refractivity contribution in [1.29, 1.82) is 0 Å². The predicted molar refractivity (Wildman–Crippen MR) is 212 cm³/mol. The van der Waals surface area contributed by atoms with E-state index in [4.69, 9.17) is 0 Å². The first-order chi connectivity index (χ1) is 23.2. The minimum atomic E-state index is -1.58. The van der Waals surface area contributed by atoms with Gasteiger partial charge in [0, 0.05) is 22.5 Å². The number of hydrogen-bond donors (Lipinski definition) is 0. The second kappa shape index (κ2) is 10.4. The SMILES string of the molecule is CC1(C)c2cc3cc(N(c4ccc5ccccc5c4)c4ccc5ccccc5c4)ccc3cc2-c2c1cc([Si](C)(C)C)c1ccccc21. The molecule has 0 radical (unpaired) electrons. The maximum atomic E-state index is 2.57. The first-order valence-electron chi connectivity index (χ1n) is 17.1. The summed E-state index contributed by atoms with van der Waals surface area (Å²) in [5, 5.41) is 11.9. The molecular weight excluding hydrogens is 595 g/mol. The van der Waals surface area contributed by atoms with E-state index in [9.17, 15) is 0 Å². The van der Waals surface area contributed by atoms with E-state index in [1.54, 1.807) is 5.19 Å². The van der Waals surface area contributed by atoms with E-state index in [-0.39, 0.29) is 5.41 Å². The Bertz CT molecular complexity index is 2510. The summed E-state index contributed by atoms with van der Waals surface area (Å²) in [4.78, 5) is 2.42. The van der Waals surface area contributed by atoms with Gasteiger partial charge in [0.05, 0.1) is 8.07 Å². The normalized spacial score (nSPS) is 13.7. The van der Waals surface area contributed by atoms with Crippen LogP contribution in [0.1, 0.15) is 25.0 Å². The van der Waals surface area contributed by atoms with Gasteiger partial charge in [-0.3, -0.25) is 0 Å². The second-order valence-electron chi connectivity index (χ2n) is 15.1. The molecular formula is C46H39NSi. The van der Waals surface area contributed by atoms with Crippen molar-refractivity contribution in [2.24, 2.45) is 0 Å². The first-order valence-corrected chi connectivity index (χ1v) is 20.6. The largest absolute Gasteiger partial charge is 0.310 e. The molecule has 1 aliphatic carbocycles. The molecule has 8 aromatic carbocycles. The summed E-state index contributed by atoms with van der Waals surface area (Å²) in [5.74, 6) is 0. The van der Waals surface area contributed by atoms with Crippen LogP contribution in [0.3, 0.4) is 0 Å². The van der Waals surface area contributed by atoms with E-state index in [1.165, 1.54) is 65.3 Å². The van der Waals surface area contributed by atoms with Crippen LogP contribution in [-0.2, 0) is 5.41 Å². The van der Waals surface area contributed by atoms with Gasteiger partial charge in [0.15, 0.2) is 0 Å². The van der Waals surface area contributed by atoms with Crippen LogP contribution in [0.15, 0.2) is 146 Å². The Morgan fingerprint density at radius 3 is 1.50 bits per heavy atom. The number of nitrogens with zero attached hydrogens (tertiary/aromatic N) is 1. The van der Waals surface area contributed by atoms with Gasteiger partial charge in [0.25, 0.3) is 0 Å². The van der Waals surface area contributed by atoms with Crippen molar-refractivity contribution in [2.45, 2.75) is 38.9 Å². The summed E-state index contributed by atoms with van der Waals surface area (Å²) in [5.41, 5.74) is 9.07. The molecule has 2 heteroatoms. The molecule has 1 nitrogen and oxygen atoms in total. The highest BCUT2D eigenvalue weighted by Gasteiger charge is 2.38. The zero-order chi connectivity index (χ0) is 32.8. The molecule has 8 aromatic rings. The number of hydrogen-bond acceptors (Lipinski definition) is 1. The van der Waals surface area contributed by atoms with Crippen LogP contribution in [0.25, 0.3) is 54.2 Å². The molecule has 9 rings (SSSR count). The quantitative estimate of drug-likeness (QED) is 0.174. The van der Waals surface area contributed by atoms with Crippen LogP contribution >= 0.6 is 0 Å². The van der Waals surface area contributed by atoms with Crippen molar-refractivity contribution in [1.82, 2.24) is 0 Å². The maximum absolute atomic E-state index is 2.57. The van der Waals surface area contributed by atoms with Crippen LogP contribution < -0.4 is 10.1 Å². The van der Waals surface area contributed by atoms with Crippen LogP contribution in [-0.4, -0.2) is 8.07 Å².